The lowest BCUT2D eigenvalue weighted by Crippen LogP contribution is -2.36. The number of hydrogen-bond donors (Lipinski definition) is 1. The Labute approximate surface area is 162 Å². The van der Waals surface area contributed by atoms with Crippen LogP contribution in [0.15, 0.2) is 49.1 Å². The zero-order valence-electron chi connectivity index (χ0n) is 16.8. The smallest absolute Gasteiger partial charge is 0.164 e. The Balaban J connectivity index is 2.06. The highest BCUT2D eigenvalue weighted by Crippen LogP contribution is 2.33. The van der Waals surface area contributed by atoms with Crippen LogP contribution in [0.4, 0.5) is 0 Å². The van der Waals surface area contributed by atoms with Gasteiger partial charge in [0.15, 0.2) is 5.79 Å². The molecule has 0 bridgehead atoms. The summed E-state index contributed by atoms with van der Waals surface area (Å²) in [6.45, 7) is 9.88. The molecule has 1 fully saturated rings. The summed E-state index contributed by atoms with van der Waals surface area (Å²) >= 11 is 0. The SMILES string of the molecule is C=CC[C@@H](OCc1ccc(OC)cc1)[C@@H]1OC(C)(C)O[C@H]1/C=C\C[C@H](C)O. The molecule has 2 rings (SSSR count). The predicted molar refractivity (Wildman–Crippen MR) is 106 cm³/mol. The minimum absolute atomic E-state index is 0.187. The molecule has 150 valence electrons. The van der Waals surface area contributed by atoms with Gasteiger partial charge in [-0.25, -0.2) is 0 Å². The fourth-order valence-corrected chi connectivity index (χ4v) is 3.05. The molecule has 5 nitrogen and oxygen atoms in total. The van der Waals surface area contributed by atoms with Gasteiger partial charge in [-0.1, -0.05) is 30.4 Å². The van der Waals surface area contributed by atoms with E-state index in [-0.39, 0.29) is 24.4 Å². The number of methoxy groups -OCH3 is 1. The molecule has 1 saturated heterocycles. The molecule has 0 spiro atoms. The van der Waals surface area contributed by atoms with Gasteiger partial charge in [-0.05, 0) is 51.3 Å². The lowest BCUT2D eigenvalue weighted by Gasteiger charge is -2.25. The predicted octanol–water partition coefficient (Wildman–Crippen LogP) is 4.00. The first-order chi connectivity index (χ1) is 12.8. The van der Waals surface area contributed by atoms with Crippen LogP contribution in [-0.4, -0.2) is 42.4 Å². The van der Waals surface area contributed by atoms with E-state index >= 15 is 0 Å². The average Bonchev–Trinajstić information content (AvgIpc) is 2.93. The maximum absolute atomic E-state index is 9.47. The maximum atomic E-state index is 9.47. The summed E-state index contributed by atoms with van der Waals surface area (Å²) in [5.41, 5.74) is 1.06. The Bertz CT molecular complexity index is 606. The molecular formula is C22H32O5. The van der Waals surface area contributed by atoms with Crippen molar-refractivity contribution in [3.63, 3.8) is 0 Å². The van der Waals surface area contributed by atoms with Crippen molar-refractivity contribution in [1.82, 2.24) is 0 Å². The van der Waals surface area contributed by atoms with Crippen LogP contribution in [-0.2, 0) is 20.8 Å². The van der Waals surface area contributed by atoms with Crippen molar-refractivity contribution in [2.45, 2.75) is 70.4 Å². The number of rotatable bonds is 10. The van der Waals surface area contributed by atoms with E-state index in [4.69, 9.17) is 18.9 Å². The van der Waals surface area contributed by atoms with Crippen LogP contribution in [0.3, 0.4) is 0 Å². The molecular weight excluding hydrogens is 344 g/mol. The zero-order valence-corrected chi connectivity index (χ0v) is 16.8. The van der Waals surface area contributed by atoms with Crippen LogP contribution in [0.5, 0.6) is 5.75 Å². The Hall–Kier alpha value is -1.66. The van der Waals surface area contributed by atoms with Crippen molar-refractivity contribution in [3.8, 4) is 5.75 Å². The number of aliphatic hydroxyl groups excluding tert-OH is 1. The van der Waals surface area contributed by atoms with Crippen molar-refractivity contribution >= 4 is 0 Å². The van der Waals surface area contributed by atoms with Gasteiger partial charge in [0, 0.05) is 0 Å². The second-order valence-corrected chi connectivity index (χ2v) is 7.30. The number of hydrogen-bond acceptors (Lipinski definition) is 5. The lowest BCUT2D eigenvalue weighted by atomic mass is 10.0. The van der Waals surface area contributed by atoms with E-state index in [1.165, 1.54) is 0 Å². The Morgan fingerprint density at radius 2 is 1.93 bits per heavy atom. The molecule has 1 aromatic carbocycles. The van der Waals surface area contributed by atoms with Gasteiger partial charge in [0.1, 0.15) is 18.0 Å². The number of aliphatic hydroxyl groups is 1. The van der Waals surface area contributed by atoms with Gasteiger partial charge in [0.2, 0.25) is 0 Å². The minimum Gasteiger partial charge on any atom is -0.497 e. The highest BCUT2D eigenvalue weighted by atomic mass is 16.8. The van der Waals surface area contributed by atoms with Gasteiger partial charge in [0.05, 0.1) is 25.9 Å². The summed E-state index contributed by atoms with van der Waals surface area (Å²) in [5.74, 6) is 0.131. The van der Waals surface area contributed by atoms with E-state index < -0.39 is 5.79 Å². The molecule has 1 aromatic rings. The third-order valence-corrected chi connectivity index (χ3v) is 4.36. The monoisotopic (exact) mass is 376 g/mol. The fraction of sp³-hybridized carbons (Fsp3) is 0.545. The average molecular weight is 376 g/mol. The molecule has 0 unspecified atom stereocenters. The van der Waals surface area contributed by atoms with E-state index in [2.05, 4.69) is 6.58 Å². The molecule has 0 amide bonds. The van der Waals surface area contributed by atoms with Crippen molar-refractivity contribution in [3.05, 3.63) is 54.6 Å². The quantitative estimate of drug-likeness (QED) is 0.626. The molecule has 27 heavy (non-hydrogen) atoms. The largest absolute Gasteiger partial charge is 0.497 e. The Morgan fingerprint density at radius 3 is 2.52 bits per heavy atom. The summed E-state index contributed by atoms with van der Waals surface area (Å²) in [4.78, 5) is 0. The Morgan fingerprint density at radius 1 is 1.22 bits per heavy atom. The van der Waals surface area contributed by atoms with Gasteiger partial charge in [0.25, 0.3) is 0 Å². The van der Waals surface area contributed by atoms with E-state index in [0.29, 0.717) is 19.4 Å². The third kappa shape index (κ3) is 6.78. The normalized spacial score (nSPS) is 24.0. The van der Waals surface area contributed by atoms with Crippen LogP contribution >= 0.6 is 0 Å². The number of ether oxygens (including phenoxy) is 4. The molecule has 1 N–H and O–H groups in total. The summed E-state index contributed by atoms with van der Waals surface area (Å²) in [6, 6.07) is 7.81. The standard InChI is InChI=1S/C22H32O5/c1-6-8-19(25-15-17-11-13-18(24-5)14-12-17)21-20(10-7-9-16(2)23)26-22(3,4)27-21/h6-7,10-14,16,19-21,23H,1,8-9,15H2,2-5H3/b10-7-/t16-,19+,20-,21-/m0/s1. The van der Waals surface area contributed by atoms with Crippen LogP contribution in [0.25, 0.3) is 0 Å². The van der Waals surface area contributed by atoms with E-state index in [9.17, 15) is 5.11 Å². The van der Waals surface area contributed by atoms with E-state index in [0.717, 1.165) is 11.3 Å². The van der Waals surface area contributed by atoms with Crippen LogP contribution < -0.4 is 4.74 Å². The third-order valence-electron chi connectivity index (χ3n) is 4.36. The van der Waals surface area contributed by atoms with E-state index in [1.54, 1.807) is 14.0 Å². The second-order valence-electron chi connectivity index (χ2n) is 7.30. The van der Waals surface area contributed by atoms with Gasteiger partial charge in [-0.15, -0.1) is 6.58 Å². The summed E-state index contributed by atoms with van der Waals surface area (Å²) in [5, 5.41) is 9.47. The van der Waals surface area contributed by atoms with Crippen molar-refractivity contribution < 1.29 is 24.1 Å². The van der Waals surface area contributed by atoms with Gasteiger partial charge in [-0.2, -0.15) is 0 Å². The second kappa shape index (κ2) is 10.0. The Kier molecular flexibility index (Phi) is 8.05. The fourth-order valence-electron chi connectivity index (χ4n) is 3.05. The molecule has 5 heteroatoms. The van der Waals surface area contributed by atoms with Crippen LogP contribution in [0.1, 0.15) is 39.2 Å². The molecule has 0 aromatic heterocycles. The van der Waals surface area contributed by atoms with Crippen molar-refractivity contribution in [2.75, 3.05) is 7.11 Å². The summed E-state index contributed by atoms with van der Waals surface area (Å²) in [6.07, 6.45) is 5.90. The molecule has 1 heterocycles. The first-order valence-corrected chi connectivity index (χ1v) is 9.40. The lowest BCUT2D eigenvalue weighted by molar-refractivity contribution is -0.159. The molecule has 0 radical (unpaired) electrons. The molecule has 0 aliphatic carbocycles. The topological polar surface area (TPSA) is 57.2 Å². The van der Waals surface area contributed by atoms with E-state index in [1.807, 2.05) is 56.3 Å². The molecule has 0 saturated carbocycles. The molecule has 4 atom stereocenters. The first-order valence-electron chi connectivity index (χ1n) is 9.40. The highest BCUT2D eigenvalue weighted by molar-refractivity contribution is 5.26. The van der Waals surface area contributed by atoms with Gasteiger partial charge in [-0.3, -0.25) is 0 Å². The number of benzene rings is 1. The molecule has 1 aliphatic heterocycles. The highest BCUT2D eigenvalue weighted by Gasteiger charge is 2.44. The zero-order chi connectivity index (χ0) is 19.9. The van der Waals surface area contributed by atoms with Gasteiger partial charge >= 0.3 is 0 Å². The maximum Gasteiger partial charge on any atom is 0.164 e. The van der Waals surface area contributed by atoms with Crippen molar-refractivity contribution in [2.24, 2.45) is 0 Å². The summed E-state index contributed by atoms with van der Waals surface area (Å²) in [7, 11) is 1.65. The molecule has 1 aliphatic rings. The van der Waals surface area contributed by atoms with Crippen LogP contribution in [0.2, 0.25) is 0 Å². The van der Waals surface area contributed by atoms with Gasteiger partial charge < -0.3 is 24.1 Å². The van der Waals surface area contributed by atoms with Crippen LogP contribution in [0, 0.1) is 0 Å². The minimum atomic E-state index is -0.687. The first kappa shape index (κ1) is 21.6. The van der Waals surface area contributed by atoms with Crippen molar-refractivity contribution in [1.29, 1.82) is 0 Å². The summed E-state index contributed by atoms with van der Waals surface area (Å²) < 4.78 is 23.5.